The van der Waals surface area contributed by atoms with Crippen molar-refractivity contribution in [2.75, 3.05) is 17.7 Å². The molecule has 0 aliphatic carbocycles. The van der Waals surface area contributed by atoms with Gasteiger partial charge in [-0.3, -0.25) is 4.40 Å². The van der Waals surface area contributed by atoms with E-state index in [4.69, 9.17) is 4.74 Å². The number of hydrogen-bond acceptors (Lipinski definition) is 4. The SMILES string of the molecule is COc1ccccc1NC(=O)Nc1ccc(-c2cn3cccnc3n2)cc1. The number of imidazole rings is 1. The number of fused-ring (bicyclic) bond motifs is 1. The van der Waals surface area contributed by atoms with E-state index in [1.165, 1.54) is 0 Å². The van der Waals surface area contributed by atoms with E-state index in [0.717, 1.165) is 11.3 Å². The van der Waals surface area contributed by atoms with Crippen molar-refractivity contribution < 1.29 is 9.53 Å². The lowest BCUT2D eigenvalue weighted by molar-refractivity contribution is 0.262. The number of benzene rings is 2. The summed E-state index contributed by atoms with van der Waals surface area (Å²) in [6.07, 6.45) is 5.52. The molecule has 0 spiro atoms. The first-order chi connectivity index (χ1) is 13.2. The highest BCUT2D eigenvalue weighted by molar-refractivity contribution is 6.00. The number of carbonyl (C=O) groups excluding carboxylic acids is 1. The van der Waals surface area contributed by atoms with Gasteiger partial charge in [-0.1, -0.05) is 24.3 Å². The number of urea groups is 1. The number of carbonyl (C=O) groups is 1. The molecule has 0 bridgehead atoms. The molecule has 4 aromatic rings. The molecule has 0 saturated heterocycles. The molecule has 2 N–H and O–H groups in total. The van der Waals surface area contributed by atoms with Gasteiger partial charge in [-0.15, -0.1) is 0 Å². The minimum Gasteiger partial charge on any atom is -0.495 e. The molecule has 0 radical (unpaired) electrons. The van der Waals surface area contributed by atoms with E-state index in [1.807, 2.05) is 59.3 Å². The molecule has 2 heterocycles. The lowest BCUT2D eigenvalue weighted by Gasteiger charge is -2.11. The number of rotatable bonds is 4. The maximum absolute atomic E-state index is 12.2. The van der Waals surface area contributed by atoms with E-state index >= 15 is 0 Å². The highest BCUT2D eigenvalue weighted by atomic mass is 16.5. The molecule has 0 saturated carbocycles. The third kappa shape index (κ3) is 3.57. The molecule has 7 nitrogen and oxygen atoms in total. The standard InChI is InChI=1S/C20H17N5O2/c1-27-18-6-3-2-5-16(18)24-20(26)22-15-9-7-14(8-10-15)17-13-25-12-4-11-21-19(25)23-17/h2-13H,1H3,(H2,22,24,26). The zero-order valence-corrected chi connectivity index (χ0v) is 14.6. The second kappa shape index (κ2) is 7.17. The fraction of sp³-hybridized carbons (Fsp3) is 0.0500. The topological polar surface area (TPSA) is 80.5 Å². The van der Waals surface area contributed by atoms with Gasteiger partial charge in [-0.05, 0) is 30.3 Å². The fourth-order valence-corrected chi connectivity index (χ4v) is 2.73. The third-order valence-electron chi connectivity index (χ3n) is 4.03. The first kappa shape index (κ1) is 16.6. The van der Waals surface area contributed by atoms with E-state index in [9.17, 15) is 4.79 Å². The lowest BCUT2D eigenvalue weighted by atomic mass is 10.1. The van der Waals surface area contributed by atoms with Crippen molar-refractivity contribution in [3.05, 3.63) is 73.2 Å². The van der Waals surface area contributed by atoms with Crippen molar-refractivity contribution in [3.63, 3.8) is 0 Å². The van der Waals surface area contributed by atoms with Crippen molar-refractivity contribution in [1.29, 1.82) is 0 Å². The van der Waals surface area contributed by atoms with Gasteiger partial charge in [-0.25, -0.2) is 14.8 Å². The molecule has 0 atom stereocenters. The monoisotopic (exact) mass is 359 g/mol. The minimum atomic E-state index is -0.343. The normalized spacial score (nSPS) is 10.6. The molecular weight excluding hydrogens is 342 g/mol. The molecule has 0 unspecified atom stereocenters. The zero-order chi connectivity index (χ0) is 18.6. The van der Waals surface area contributed by atoms with E-state index in [-0.39, 0.29) is 6.03 Å². The van der Waals surface area contributed by atoms with Crippen LogP contribution in [0.2, 0.25) is 0 Å². The molecule has 0 fully saturated rings. The highest BCUT2D eigenvalue weighted by Crippen LogP contribution is 2.24. The van der Waals surface area contributed by atoms with Crippen LogP contribution in [0.1, 0.15) is 0 Å². The molecule has 2 aromatic carbocycles. The van der Waals surface area contributed by atoms with Gasteiger partial charge in [0.15, 0.2) is 0 Å². The predicted octanol–water partition coefficient (Wildman–Crippen LogP) is 4.05. The van der Waals surface area contributed by atoms with E-state index < -0.39 is 0 Å². The Morgan fingerprint density at radius 2 is 1.85 bits per heavy atom. The Hall–Kier alpha value is -3.87. The Balaban J connectivity index is 1.46. The maximum Gasteiger partial charge on any atom is 0.323 e. The van der Waals surface area contributed by atoms with Gasteiger partial charge in [-0.2, -0.15) is 0 Å². The van der Waals surface area contributed by atoms with Gasteiger partial charge in [0.05, 0.1) is 18.5 Å². The van der Waals surface area contributed by atoms with Crippen LogP contribution < -0.4 is 15.4 Å². The summed E-state index contributed by atoms with van der Waals surface area (Å²) >= 11 is 0. The molecule has 134 valence electrons. The van der Waals surface area contributed by atoms with Gasteiger partial charge in [0, 0.05) is 29.8 Å². The number of nitrogens with zero attached hydrogens (tertiary/aromatic N) is 3. The summed E-state index contributed by atoms with van der Waals surface area (Å²) in [5.41, 5.74) is 3.04. The van der Waals surface area contributed by atoms with Crippen LogP contribution in [-0.4, -0.2) is 27.5 Å². The number of para-hydroxylation sites is 2. The van der Waals surface area contributed by atoms with Crippen LogP contribution in [0, 0.1) is 0 Å². The Morgan fingerprint density at radius 3 is 2.63 bits per heavy atom. The van der Waals surface area contributed by atoms with Crippen LogP contribution in [0.4, 0.5) is 16.2 Å². The van der Waals surface area contributed by atoms with Crippen molar-refractivity contribution >= 4 is 23.2 Å². The molecule has 27 heavy (non-hydrogen) atoms. The van der Waals surface area contributed by atoms with Crippen LogP contribution in [-0.2, 0) is 0 Å². The summed E-state index contributed by atoms with van der Waals surface area (Å²) in [4.78, 5) is 20.9. The van der Waals surface area contributed by atoms with Gasteiger partial charge in [0.25, 0.3) is 0 Å². The maximum atomic E-state index is 12.2. The number of aromatic nitrogens is 3. The highest BCUT2D eigenvalue weighted by Gasteiger charge is 2.08. The van der Waals surface area contributed by atoms with Crippen LogP contribution in [0.25, 0.3) is 17.0 Å². The summed E-state index contributed by atoms with van der Waals surface area (Å²) in [6, 6.07) is 16.2. The summed E-state index contributed by atoms with van der Waals surface area (Å²) in [5, 5.41) is 5.58. The van der Waals surface area contributed by atoms with Crippen molar-refractivity contribution in [1.82, 2.24) is 14.4 Å². The van der Waals surface area contributed by atoms with Crippen LogP contribution in [0.3, 0.4) is 0 Å². The number of methoxy groups -OCH3 is 1. The van der Waals surface area contributed by atoms with Crippen molar-refractivity contribution in [2.24, 2.45) is 0 Å². The molecule has 2 amide bonds. The second-order valence-corrected chi connectivity index (χ2v) is 5.81. The number of ether oxygens (including phenoxy) is 1. The van der Waals surface area contributed by atoms with Crippen molar-refractivity contribution in [2.45, 2.75) is 0 Å². The zero-order valence-electron chi connectivity index (χ0n) is 14.6. The van der Waals surface area contributed by atoms with Crippen LogP contribution in [0.5, 0.6) is 5.75 Å². The molecular formula is C20H17N5O2. The van der Waals surface area contributed by atoms with Gasteiger partial charge in [0.1, 0.15) is 5.75 Å². The second-order valence-electron chi connectivity index (χ2n) is 5.81. The largest absolute Gasteiger partial charge is 0.495 e. The third-order valence-corrected chi connectivity index (χ3v) is 4.03. The number of anilines is 2. The molecule has 2 aromatic heterocycles. The summed E-state index contributed by atoms with van der Waals surface area (Å²) < 4.78 is 7.09. The molecule has 0 aliphatic heterocycles. The van der Waals surface area contributed by atoms with Crippen molar-refractivity contribution in [3.8, 4) is 17.0 Å². The van der Waals surface area contributed by atoms with Gasteiger partial charge >= 0.3 is 6.03 Å². The molecule has 7 heteroatoms. The summed E-state index contributed by atoms with van der Waals surface area (Å²) in [5.74, 6) is 1.24. The number of amides is 2. The summed E-state index contributed by atoms with van der Waals surface area (Å²) in [6.45, 7) is 0. The number of hydrogen-bond donors (Lipinski definition) is 2. The lowest BCUT2D eigenvalue weighted by Crippen LogP contribution is -2.19. The predicted molar refractivity (Wildman–Crippen MR) is 104 cm³/mol. The fourth-order valence-electron chi connectivity index (χ4n) is 2.73. The Morgan fingerprint density at radius 1 is 1.04 bits per heavy atom. The molecule has 0 aliphatic rings. The van der Waals surface area contributed by atoms with E-state index in [0.29, 0.717) is 22.9 Å². The Bertz CT molecular complexity index is 1060. The first-order valence-electron chi connectivity index (χ1n) is 8.34. The summed E-state index contributed by atoms with van der Waals surface area (Å²) in [7, 11) is 1.56. The van der Waals surface area contributed by atoms with Gasteiger partial charge < -0.3 is 15.4 Å². The Labute approximate surface area is 155 Å². The average Bonchev–Trinajstić information content (AvgIpc) is 3.13. The minimum absolute atomic E-state index is 0.343. The van der Waals surface area contributed by atoms with E-state index in [2.05, 4.69) is 20.6 Å². The Kier molecular flexibility index (Phi) is 4.40. The smallest absolute Gasteiger partial charge is 0.323 e. The average molecular weight is 359 g/mol. The van der Waals surface area contributed by atoms with Gasteiger partial charge in [0.2, 0.25) is 5.78 Å². The van der Waals surface area contributed by atoms with Crippen LogP contribution in [0.15, 0.2) is 73.2 Å². The van der Waals surface area contributed by atoms with E-state index in [1.54, 1.807) is 25.4 Å². The quantitative estimate of drug-likeness (QED) is 0.576. The molecule has 4 rings (SSSR count). The first-order valence-corrected chi connectivity index (χ1v) is 8.34. The van der Waals surface area contributed by atoms with Crippen LogP contribution >= 0.6 is 0 Å². The number of nitrogens with one attached hydrogen (secondary N) is 2.